The Balaban J connectivity index is 1.92. The van der Waals surface area contributed by atoms with Gasteiger partial charge in [0, 0.05) is 12.6 Å². The van der Waals surface area contributed by atoms with Crippen LogP contribution >= 0.6 is 0 Å². The number of hydrogen-bond acceptors (Lipinski definition) is 5. The van der Waals surface area contributed by atoms with E-state index in [1.807, 2.05) is 59.5 Å². The number of esters is 1. The second-order valence-electron chi connectivity index (χ2n) is 7.86. The molecule has 0 heterocycles. The summed E-state index contributed by atoms with van der Waals surface area (Å²) in [6.07, 6.45) is 4.26. The lowest BCUT2D eigenvalue weighted by atomic mass is 10.0. The van der Waals surface area contributed by atoms with Gasteiger partial charge in [-0.15, -0.1) is 0 Å². The summed E-state index contributed by atoms with van der Waals surface area (Å²) in [5, 5.41) is 3.21. The first-order chi connectivity index (χ1) is 15.1. The molecule has 1 unspecified atom stereocenters. The summed E-state index contributed by atoms with van der Waals surface area (Å²) in [6.45, 7) is 2.57. The van der Waals surface area contributed by atoms with Crippen LogP contribution in [0.15, 0.2) is 54.6 Å². The van der Waals surface area contributed by atoms with Crippen molar-refractivity contribution in [2.24, 2.45) is 0 Å². The Labute approximate surface area is 184 Å². The third-order valence-corrected chi connectivity index (χ3v) is 5.61. The SMILES string of the molecule is CCOC(=O)CN(Cc1ccccc1)C(C(=O)NC1CCCC1)c1ccc(OC)cc1. The van der Waals surface area contributed by atoms with Crippen molar-refractivity contribution in [3.8, 4) is 5.75 Å². The largest absolute Gasteiger partial charge is 0.497 e. The van der Waals surface area contributed by atoms with Crippen LogP contribution < -0.4 is 10.1 Å². The highest BCUT2D eigenvalue weighted by Gasteiger charge is 2.31. The van der Waals surface area contributed by atoms with Crippen molar-refractivity contribution in [3.63, 3.8) is 0 Å². The smallest absolute Gasteiger partial charge is 0.320 e. The van der Waals surface area contributed by atoms with Gasteiger partial charge in [0.2, 0.25) is 5.91 Å². The molecule has 0 spiro atoms. The van der Waals surface area contributed by atoms with Gasteiger partial charge in [-0.05, 0) is 43.0 Å². The Hall–Kier alpha value is -2.86. The van der Waals surface area contributed by atoms with Gasteiger partial charge in [0.1, 0.15) is 11.8 Å². The van der Waals surface area contributed by atoms with E-state index in [4.69, 9.17) is 9.47 Å². The number of carbonyl (C=O) groups excluding carboxylic acids is 2. The number of nitrogens with zero attached hydrogens (tertiary/aromatic N) is 1. The molecule has 1 aliphatic rings. The highest BCUT2D eigenvalue weighted by atomic mass is 16.5. The van der Waals surface area contributed by atoms with Crippen LogP contribution in [-0.4, -0.2) is 43.1 Å². The van der Waals surface area contributed by atoms with Crippen molar-refractivity contribution in [1.82, 2.24) is 10.2 Å². The number of hydrogen-bond donors (Lipinski definition) is 1. The number of amides is 1. The Morgan fingerprint density at radius 3 is 2.35 bits per heavy atom. The molecule has 1 atom stereocenters. The fourth-order valence-electron chi connectivity index (χ4n) is 4.09. The molecule has 2 aromatic carbocycles. The van der Waals surface area contributed by atoms with Crippen molar-refractivity contribution in [2.45, 2.75) is 51.2 Å². The van der Waals surface area contributed by atoms with Crippen LogP contribution in [-0.2, 0) is 20.9 Å². The lowest BCUT2D eigenvalue weighted by Gasteiger charge is -2.31. The molecule has 0 aliphatic heterocycles. The molecule has 0 saturated heterocycles. The fraction of sp³-hybridized carbons (Fsp3) is 0.440. The van der Waals surface area contributed by atoms with Gasteiger partial charge in [-0.25, -0.2) is 0 Å². The highest BCUT2D eigenvalue weighted by Crippen LogP contribution is 2.27. The first kappa shape index (κ1) is 22.8. The molecule has 3 rings (SSSR count). The van der Waals surface area contributed by atoms with Gasteiger partial charge in [-0.1, -0.05) is 55.3 Å². The summed E-state index contributed by atoms with van der Waals surface area (Å²) in [7, 11) is 1.61. The molecule has 1 fully saturated rings. The number of methoxy groups -OCH3 is 1. The van der Waals surface area contributed by atoms with E-state index in [0.29, 0.717) is 13.2 Å². The van der Waals surface area contributed by atoms with Crippen LogP contribution in [0, 0.1) is 0 Å². The number of benzene rings is 2. The molecule has 0 bridgehead atoms. The van der Waals surface area contributed by atoms with E-state index in [1.54, 1.807) is 14.0 Å². The Morgan fingerprint density at radius 2 is 1.74 bits per heavy atom. The molecule has 1 saturated carbocycles. The van der Waals surface area contributed by atoms with E-state index in [-0.39, 0.29) is 24.5 Å². The standard InChI is InChI=1S/C25H32N2O4/c1-3-31-23(28)18-27(17-19-9-5-4-6-10-19)24(20-13-15-22(30-2)16-14-20)25(29)26-21-11-7-8-12-21/h4-6,9-10,13-16,21,24H,3,7-8,11-12,17-18H2,1-2H3,(H,26,29). The van der Waals surface area contributed by atoms with Crippen molar-refractivity contribution in [1.29, 1.82) is 0 Å². The average Bonchev–Trinajstić information content (AvgIpc) is 3.28. The van der Waals surface area contributed by atoms with E-state index in [0.717, 1.165) is 42.6 Å². The van der Waals surface area contributed by atoms with E-state index in [9.17, 15) is 9.59 Å². The monoisotopic (exact) mass is 424 g/mol. The van der Waals surface area contributed by atoms with Gasteiger partial charge in [0.25, 0.3) is 0 Å². The predicted octanol–water partition coefficient (Wildman–Crippen LogP) is 3.86. The third-order valence-electron chi connectivity index (χ3n) is 5.61. The third kappa shape index (κ3) is 6.56. The van der Waals surface area contributed by atoms with Crippen LogP contribution in [0.5, 0.6) is 5.75 Å². The average molecular weight is 425 g/mol. The first-order valence-corrected chi connectivity index (χ1v) is 11.0. The number of rotatable bonds is 10. The van der Waals surface area contributed by atoms with E-state index >= 15 is 0 Å². The van der Waals surface area contributed by atoms with Gasteiger partial charge >= 0.3 is 5.97 Å². The highest BCUT2D eigenvalue weighted by molar-refractivity contribution is 5.84. The zero-order valence-corrected chi connectivity index (χ0v) is 18.4. The van der Waals surface area contributed by atoms with Crippen molar-refractivity contribution < 1.29 is 19.1 Å². The van der Waals surface area contributed by atoms with Crippen LogP contribution in [0.2, 0.25) is 0 Å². The number of carbonyl (C=O) groups is 2. The molecule has 6 heteroatoms. The Kier molecular flexibility index (Phi) is 8.47. The number of nitrogens with one attached hydrogen (secondary N) is 1. The van der Waals surface area contributed by atoms with Gasteiger partial charge in [-0.2, -0.15) is 0 Å². The molecular weight excluding hydrogens is 392 g/mol. The quantitative estimate of drug-likeness (QED) is 0.587. The summed E-state index contributed by atoms with van der Waals surface area (Å²) in [6, 6.07) is 16.9. The van der Waals surface area contributed by atoms with Crippen LogP contribution in [0.1, 0.15) is 49.8 Å². The van der Waals surface area contributed by atoms with Crippen LogP contribution in [0.3, 0.4) is 0 Å². The molecule has 1 amide bonds. The maximum absolute atomic E-state index is 13.5. The molecule has 31 heavy (non-hydrogen) atoms. The fourth-order valence-corrected chi connectivity index (χ4v) is 4.09. The predicted molar refractivity (Wildman–Crippen MR) is 120 cm³/mol. The summed E-state index contributed by atoms with van der Waals surface area (Å²) < 4.78 is 10.5. The minimum Gasteiger partial charge on any atom is -0.497 e. The maximum Gasteiger partial charge on any atom is 0.320 e. The summed E-state index contributed by atoms with van der Waals surface area (Å²) in [4.78, 5) is 27.8. The zero-order chi connectivity index (χ0) is 22.1. The molecule has 0 aromatic heterocycles. The molecule has 1 aliphatic carbocycles. The zero-order valence-electron chi connectivity index (χ0n) is 18.4. The second-order valence-corrected chi connectivity index (χ2v) is 7.86. The second kappa shape index (κ2) is 11.5. The summed E-state index contributed by atoms with van der Waals surface area (Å²) in [5.74, 6) is 0.293. The molecular formula is C25H32N2O4. The van der Waals surface area contributed by atoms with E-state index in [1.165, 1.54) is 0 Å². The van der Waals surface area contributed by atoms with Gasteiger partial charge < -0.3 is 14.8 Å². The van der Waals surface area contributed by atoms with Crippen LogP contribution in [0.25, 0.3) is 0 Å². The molecule has 166 valence electrons. The minimum absolute atomic E-state index is 0.0253. The molecule has 1 N–H and O–H groups in total. The Bertz CT molecular complexity index is 832. The maximum atomic E-state index is 13.5. The lowest BCUT2D eigenvalue weighted by Crippen LogP contribution is -2.45. The van der Waals surface area contributed by atoms with Crippen LogP contribution in [0.4, 0.5) is 0 Å². The van der Waals surface area contributed by atoms with Gasteiger partial charge in [0.05, 0.1) is 20.3 Å². The molecule has 2 aromatic rings. The van der Waals surface area contributed by atoms with Gasteiger partial charge in [-0.3, -0.25) is 14.5 Å². The first-order valence-electron chi connectivity index (χ1n) is 11.0. The Morgan fingerprint density at radius 1 is 1.06 bits per heavy atom. The summed E-state index contributed by atoms with van der Waals surface area (Å²) >= 11 is 0. The van der Waals surface area contributed by atoms with Gasteiger partial charge in [0.15, 0.2) is 0 Å². The normalized spacial score (nSPS) is 14.9. The van der Waals surface area contributed by atoms with Crippen molar-refractivity contribution in [2.75, 3.05) is 20.3 Å². The van der Waals surface area contributed by atoms with E-state index in [2.05, 4.69) is 5.32 Å². The summed E-state index contributed by atoms with van der Waals surface area (Å²) in [5.41, 5.74) is 1.84. The number of ether oxygens (including phenoxy) is 2. The van der Waals surface area contributed by atoms with E-state index < -0.39 is 6.04 Å². The lowest BCUT2D eigenvalue weighted by molar-refractivity contribution is -0.146. The molecule has 6 nitrogen and oxygen atoms in total. The van der Waals surface area contributed by atoms with Crippen molar-refractivity contribution >= 4 is 11.9 Å². The minimum atomic E-state index is -0.615. The molecule has 0 radical (unpaired) electrons. The van der Waals surface area contributed by atoms with Crippen molar-refractivity contribution in [3.05, 3.63) is 65.7 Å². The topological polar surface area (TPSA) is 67.9 Å².